The molecule has 2 atom stereocenters. The van der Waals surface area contributed by atoms with Crippen LogP contribution >= 0.6 is 0 Å². The van der Waals surface area contributed by atoms with Crippen molar-refractivity contribution in [1.29, 1.82) is 0 Å². The van der Waals surface area contributed by atoms with Gasteiger partial charge in [0.15, 0.2) is 0 Å². The summed E-state index contributed by atoms with van der Waals surface area (Å²) in [6.45, 7) is 9.31. The van der Waals surface area contributed by atoms with Crippen LogP contribution in [-0.4, -0.2) is 76.4 Å². The summed E-state index contributed by atoms with van der Waals surface area (Å²) in [6, 6.07) is -2.16. The Morgan fingerprint density at radius 1 is 1.00 bits per heavy atom. The summed E-state index contributed by atoms with van der Waals surface area (Å²) in [7, 11) is 1.40. The van der Waals surface area contributed by atoms with Gasteiger partial charge in [0.1, 0.15) is 17.2 Å². The van der Waals surface area contributed by atoms with Gasteiger partial charge in [-0.3, -0.25) is 4.90 Å². The van der Waals surface area contributed by atoms with E-state index in [0.29, 0.717) is 0 Å². The lowest BCUT2D eigenvalue weighted by Gasteiger charge is -2.32. The van der Waals surface area contributed by atoms with Crippen LogP contribution in [0.2, 0.25) is 0 Å². The summed E-state index contributed by atoms with van der Waals surface area (Å²) in [4.78, 5) is 25.6. The maximum absolute atomic E-state index is 14.5. The molecule has 0 spiro atoms. The Morgan fingerprint density at radius 2 is 1.48 bits per heavy atom. The Bertz CT molecular complexity index is 557. The molecule has 9 heteroatoms. The van der Waals surface area contributed by atoms with Gasteiger partial charge in [0.05, 0.1) is 19.1 Å². The molecule has 2 amide bonds. The zero-order valence-electron chi connectivity index (χ0n) is 15.8. The molecule has 2 rings (SSSR count). The van der Waals surface area contributed by atoms with Crippen LogP contribution in [0.1, 0.15) is 41.5 Å². The summed E-state index contributed by atoms with van der Waals surface area (Å²) in [5.74, 6) is -3.16. The van der Waals surface area contributed by atoms with Gasteiger partial charge in [0.25, 0.3) is 5.92 Å². The van der Waals surface area contributed by atoms with E-state index in [1.54, 1.807) is 41.5 Å². The van der Waals surface area contributed by atoms with E-state index in [2.05, 4.69) is 0 Å². The first-order valence-electron chi connectivity index (χ1n) is 8.23. The molecule has 0 saturated carbocycles. The second kappa shape index (κ2) is 5.96. The van der Waals surface area contributed by atoms with Gasteiger partial charge in [-0.2, -0.15) is 0 Å². The highest BCUT2D eigenvalue weighted by Crippen LogP contribution is 2.41. The first kappa shape index (κ1) is 19.7. The van der Waals surface area contributed by atoms with Gasteiger partial charge in [-0.15, -0.1) is 0 Å². The summed E-state index contributed by atoms with van der Waals surface area (Å²) in [5.41, 5.74) is -1.54. The van der Waals surface area contributed by atoms with Gasteiger partial charge in [-0.25, -0.2) is 28.4 Å². The average molecular weight is 363 g/mol. The molecule has 2 aliphatic heterocycles. The van der Waals surface area contributed by atoms with Gasteiger partial charge in [-0.05, 0) is 41.5 Å². The highest BCUT2D eigenvalue weighted by molar-refractivity contribution is 5.71. The van der Waals surface area contributed by atoms with Crippen molar-refractivity contribution in [3.63, 3.8) is 0 Å². The molecule has 25 heavy (non-hydrogen) atoms. The minimum atomic E-state index is -3.16. The number of halogens is 2. The quantitative estimate of drug-likeness (QED) is 0.662. The normalized spacial score (nSPS) is 26.6. The highest BCUT2D eigenvalue weighted by Gasteiger charge is 2.63. The maximum atomic E-state index is 14.5. The van der Waals surface area contributed by atoms with Crippen LogP contribution < -0.4 is 0 Å². The van der Waals surface area contributed by atoms with Gasteiger partial charge in [0, 0.05) is 7.05 Å². The second-order valence-corrected chi connectivity index (χ2v) is 8.52. The lowest BCUT2D eigenvalue weighted by molar-refractivity contribution is -0.0932. The monoisotopic (exact) mass is 363 g/mol. The maximum Gasteiger partial charge on any atom is 0.425 e. The SMILES string of the molecule is CN1[C@@H]2[C@H](CN1C(=O)OC(C)(C)C)N(C(=O)OC(C)(C)C)CC2(F)F. The number of fused-ring (bicyclic) bond motifs is 1. The molecular formula is C16H27F2N3O4. The van der Waals surface area contributed by atoms with Gasteiger partial charge >= 0.3 is 12.2 Å². The van der Waals surface area contributed by atoms with Crippen molar-refractivity contribution in [2.24, 2.45) is 0 Å². The summed E-state index contributed by atoms with van der Waals surface area (Å²) in [5, 5.41) is 2.29. The largest absolute Gasteiger partial charge is 0.444 e. The van der Waals surface area contributed by atoms with Crippen molar-refractivity contribution in [2.45, 2.75) is 70.8 Å². The van der Waals surface area contributed by atoms with Crippen molar-refractivity contribution in [1.82, 2.24) is 14.9 Å². The van der Waals surface area contributed by atoms with E-state index in [0.717, 1.165) is 9.91 Å². The molecule has 0 N–H and O–H groups in total. The van der Waals surface area contributed by atoms with Crippen LogP contribution in [0.3, 0.4) is 0 Å². The van der Waals surface area contributed by atoms with Crippen molar-refractivity contribution < 1.29 is 27.8 Å². The molecule has 0 radical (unpaired) electrons. The molecular weight excluding hydrogens is 336 g/mol. The van der Waals surface area contributed by atoms with Crippen LogP contribution in [-0.2, 0) is 9.47 Å². The average Bonchev–Trinajstić information content (AvgIpc) is 2.82. The zero-order chi connectivity index (χ0) is 19.4. The van der Waals surface area contributed by atoms with Crippen LogP contribution in [0.4, 0.5) is 18.4 Å². The number of rotatable bonds is 0. The molecule has 0 bridgehead atoms. The Morgan fingerprint density at radius 3 is 1.96 bits per heavy atom. The number of likely N-dealkylation sites (N-methyl/N-ethyl adjacent to an activating group) is 1. The van der Waals surface area contributed by atoms with Crippen molar-refractivity contribution in [3.8, 4) is 0 Å². The third-order valence-electron chi connectivity index (χ3n) is 3.95. The lowest BCUT2D eigenvalue weighted by atomic mass is 10.1. The summed E-state index contributed by atoms with van der Waals surface area (Å²) in [6.07, 6.45) is -1.52. The first-order valence-corrected chi connectivity index (χ1v) is 8.23. The molecule has 144 valence electrons. The van der Waals surface area contributed by atoms with Gasteiger partial charge < -0.3 is 9.47 Å². The van der Waals surface area contributed by atoms with Crippen LogP contribution in [0, 0.1) is 0 Å². The number of likely N-dealkylation sites (tertiary alicyclic amines) is 1. The molecule has 0 aromatic carbocycles. The fourth-order valence-electron chi connectivity index (χ4n) is 3.11. The fourth-order valence-corrected chi connectivity index (χ4v) is 3.11. The number of alkyl halides is 2. The highest BCUT2D eigenvalue weighted by atomic mass is 19.3. The molecule has 0 aliphatic carbocycles. The fraction of sp³-hybridized carbons (Fsp3) is 0.875. The van der Waals surface area contributed by atoms with E-state index in [1.165, 1.54) is 12.1 Å². The van der Waals surface area contributed by atoms with E-state index in [4.69, 9.17) is 9.47 Å². The molecule has 0 aromatic heterocycles. The van der Waals surface area contributed by atoms with Crippen molar-refractivity contribution in [3.05, 3.63) is 0 Å². The first-order chi connectivity index (χ1) is 11.1. The number of amides is 2. The van der Waals surface area contributed by atoms with E-state index < -0.39 is 47.9 Å². The smallest absolute Gasteiger partial charge is 0.425 e. The van der Waals surface area contributed by atoms with Gasteiger partial charge in [-0.1, -0.05) is 0 Å². The Labute approximate surface area is 146 Å². The molecule has 0 unspecified atom stereocenters. The van der Waals surface area contributed by atoms with Crippen LogP contribution in [0.25, 0.3) is 0 Å². The minimum absolute atomic E-state index is 0.0646. The number of hydrazine groups is 1. The van der Waals surface area contributed by atoms with E-state index in [-0.39, 0.29) is 6.54 Å². The summed E-state index contributed by atoms with van der Waals surface area (Å²) >= 11 is 0. The molecule has 2 heterocycles. The molecule has 2 fully saturated rings. The van der Waals surface area contributed by atoms with Crippen molar-refractivity contribution in [2.75, 3.05) is 20.1 Å². The van der Waals surface area contributed by atoms with E-state index in [1.807, 2.05) is 0 Å². The van der Waals surface area contributed by atoms with E-state index in [9.17, 15) is 18.4 Å². The molecule has 7 nitrogen and oxygen atoms in total. The van der Waals surface area contributed by atoms with Gasteiger partial charge in [0.2, 0.25) is 0 Å². The second-order valence-electron chi connectivity index (χ2n) is 8.52. The molecule has 2 aliphatic rings. The Hall–Kier alpha value is -1.64. The predicted molar refractivity (Wildman–Crippen MR) is 86.2 cm³/mol. The third kappa shape index (κ3) is 4.13. The number of nitrogens with zero attached hydrogens (tertiary/aromatic N) is 3. The summed E-state index contributed by atoms with van der Waals surface area (Å²) < 4.78 is 39.5. The van der Waals surface area contributed by atoms with Crippen LogP contribution in [0.5, 0.6) is 0 Å². The Balaban J connectivity index is 2.21. The van der Waals surface area contributed by atoms with Crippen LogP contribution in [0.15, 0.2) is 0 Å². The molecule has 0 aromatic rings. The predicted octanol–water partition coefficient (Wildman–Crippen LogP) is 2.71. The molecule has 2 saturated heterocycles. The number of carbonyl (C=O) groups excluding carboxylic acids is 2. The third-order valence-corrected chi connectivity index (χ3v) is 3.95. The zero-order valence-corrected chi connectivity index (χ0v) is 15.8. The number of carbonyl (C=O) groups is 2. The minimum Gasteiger partial charge on any atom is -0.444 e. The Kier molecular flexibility index (Phi) is 4.69. The topological polar surface area (TPSA) is 62.3 Å². The van der Waals surface area contributed by atoms with E-state index >= 15 is 0 Å². The standard InChI is InChI=1S/C16H27F2N3O4/c1-14(2,3)24-12(22)20-9-16(17,18)11-10(20)8-21(19(11)7)13(23)25-15(4,5)6/h10-11H,8-9H2,1-7H3/t10-,11+/m0/s1. The number of ether oxygens (including phenoxy) is 2. The lowest BCUT2D eigenvalue weighted by Crippen LogP contribution is -2.50. The number of hydrogen-bond donors (Lipinski definition) is 0. The van der Waals surface area contributed by atoms with Crippen molar-refractivity contribution >= 4 is 12.2 Å². The number of hydrogen-bond acceptors (Lipinski definition) is 5.